The van der Waals surface area contributed by atoms with Crippen molar-refractivity contribution in [3.05, 3.63) is 65.7 Å². The smallest absolute Gasteiger partial charge is 0.242 e. The Hall–Kier alpha value is -2.62. The average Bonchev–Trinajstić information content (AvgIpc) is 3.03. The Morgan fingerprint density at radius 1 is 1.12 bits per heavy atom. The minimum atomic E-state index is -0.0899. The first kappa shape index (κ1) is 14.9. The van der Waals surface area contributed by atoms with Crippen molar-refractivity contribution in [1.29, 1.82) is 0 Å². The number of carbonyl (C=O) groups excluding carboxylic acids is 1. The minimum absolute atomic E-state index is 0.0899. The van der Waals surface area contributed by atoms with Crippen LogP contribution in [0.1, 0.15) is 24.0 Å². The number of aliphatic imine (C=N–C) groups is 1. The topological polar surface area (TPSA) is 44.7 Å². The SMILES string of the molecule is O=C(NCCc1ccccc1)[C@@H]1CCC2=Nc3ccccc3CN21. The van der Waals surface area contributed by atoms with Crippen LogP contribution in [0.25, 0.3) is 0 Å². The normalized spacial score (nSPS) is 18.6. The zero-order valence-corrected chi connectivity index (χ0v) is 13.6. The first-order chi connectivity index (χ1) is 11.8. The predicted molar refractivity (Wildman–Crippen MR) is 95.3 cm³/mol. The summed E-state index contributed by atoms with van der Waals surface area (Å²) >= 11 is 0. The number of fused-ring (bicyclic) bond motifs is 2. The van der Waals surface area contributed by atoms with Crippen molar-refractivity contribution in [1.82, 2.24) is 10.2 Å². The Bertz CT molecular complexity index is 769. The largest absolute Gasteiger partial charge is 0.354 e. The van der Waals surface area contributed by atoms with Crippen LogP contribution in [0.3, 0.4) is 0 Å². The molecule has 1 fully saturated rings. The van der Waals surface area contributed by atoms with Crippen LogP contribution in [-0.4, -0.2) is 29.2 Å². The van der Waals surface area contributed by atoms with Gasteiger partial charge in [0.05, 0.1) is 5.69 Å². The van der Waals surface area contributed by atoms with E-state index in [9.17, 15) is 4.79 Å². The molecule has 0 radical (unpaired) electrons. The van der Waals surface area contributed by atoms with E-state index in [0.29, 0.717) is 6.54 Å². The average molecular weight is 319 g/mol. The monoisotopic (exact) mass is 319 g/mol. The van der Waals surface area contributed by atoms with Gasteiger partial charge in [0.25, 0.3) is 0 Å². The van der Waals surface area contributed by atoms with E-state index in [4.69, 9.17) is 4.99 Å². The number of benzene rings is 2. The molecule has 2 aromatic rings. The molecule has 2 aromatic carbocycles. The van der Waals surface area contributed by atoms with Gasteiger partial charge in [-0.2, -0.15) is 0 Å². The first-order valence-corrected chi connectivity index (χ1v) is 8.55. The Kier molecular flexibility index (Phi) is 4.03. The van der Waals surface area contributed by atoms with Crippen LogP contribution in [0.2, 0.25) is 0 Å². The van der Waals surface area contributed by atoms with Crippen LogP contribution >= 0.6 is 0 Å². The van der Waals surface area contributed by atoms with E-state index in [-0.39, 0.29) is 11.9 Å². The number of hydrogen-bond acceptors (Lipinski definition) is 3. The van der Waals surface area contributed by atoms with Crippen molar-refractivity contribution < 1.29 is 4.79 Å². The molecule has 4 rings (SSSR count). The first-order valence-electron chi connectivity index (χ1n) is 8.55. The minimum Gasteiger partial charge on any atom is -0.354 e. The molecule has 0 aliphatic carbocycles. The fourth-order valence-electron chi connectivity index (χ4n) is 3.51. The van der Waals surface area contributed by atoms with Gasteiger partial charge >= 0.3 is 0 Å². The van der Waals surface area contributed by atoms with Crippen molar-refractivity contribution in [2.24, 2.45) is 4.99 Å². The van der Waals surface area contributed by atoms with E-state index in [1.807, 2.05) is 36.4 Å². The lowest BCUT2D eigenvalue weighted by atomic mass is 10.1. The van der Waals surface area contributed by atoms with E-state index >= 15 is 0 Å². The summed E-state index contributed by atoms with van der Waals surface area (Å²) in [7, 11) is 0. The fourth-order valence-corrected chi connectivity index (χ4v) is 3.51. The Labute approximate surface area is 142 Å². The lowest BCUT2D eigenvalue weighted by molar-refractivity contribution is -0.124. The molecule has 0 bridgehead atoms. The van der Waals surface area contributed by atoms with E-state index < -0.39 is 0 Å². The van der Waals surface area contributed by atoms with E-state index in [2.05, 4.69) is 28.4 Å². The lowest BCUT2D eigenvalue weighted by Crippen LogP contribution is -2.45. The number of hydrogen-bond donors (Lipinski definition) is 1. The van der Waals surface area contributed by atoms with Crippen molar-refractivity contribution >= 4 is 17.4 Å². The predicted octanol–water partition coefficient (Wildman–Crippen LogP) is 3.05. The summed E-state index contributed by atoms with van der Waals surface area (Å²) in [6, 6.07) is 18.4. The molecule has 1 saturated heterocycles. The summed E-state index contributed by atoms with van der Waals surface area (Å²) in [6.45, 7) is 1.46. The Morgan fingerprint density at radius 3 is 2.79 bits per heavy atom. The van der Waals surface area contributed by atoms with Crippen LogP contribution < -0.4 is 5.32 Å². The molecular weight excluding hydrogens is 298 g/mol. The van der Waals surface area contributed by atoms with Gasteiger partial charge in [-0.25, -0.2) is 4.99 Å². The summed E-state index contributed by atoms with van der Waals surface area (Å²) in [6.07, 6.45) is 2.60. The Morgan fingerprint density at radius 2 is 1.92 bits per heavy atom. The van der Waals surface area contributed by atoms with Crippen LogP contribution in [0.5, 0.6) is 0 Å². The summed E-state index contributed by atoms with van der Waals surface area (Å²) in [5.74, 6) is 1.17. The van der Waals surface area contributed by atoms with Crippen LogP contribution in [0.4, 0.5) is 5.69 Å². The molecule has 0 spiro atoms. The molecule has 1 N–H and O–H groups in total. The highest BCUT2D eigenvalue weighted by atomic mass is 16.2. The highest BCUT2D eigenvalue weighted by Crippen LogP contribution is 2.32. The zero-order chi connectivity index (χ0) is 16.4. The maximum atomic E-state index is 12.6. The van der Waals surface area contributed by atoms with Crippen LogP contribution in [0.15, 0.2) is 59.6 Å². The van der Waals surface area contributed by atoms with Gasteiger partial charge < -0.3 is 10.2 Å². The lowest BCUT2D eigenvalue weighted by Gasteiger charge is -2.29. The van der Waals surface area contributed by atoms with Gasteiger partial charge in [-0.3, -0.25) is 4.79 Å². The Balaban J connectivity index is 1.38. The molecule has 2 heterocycles. The number of nitrogens with zero attached hydrogens (tertiary/aromatic N) is 2. The molecule has 2 aliphatic rings. The molecule has 1 amide bonds. The fraction of sp³-hybridized carbons (Fsp3) is 0.300. The highest BCUT2D eigenvalue weighted by molar-refractivity contribution is 5.95. The van der Waals surface area contributed by atoms with Crippen molar-refractivity contribution in [2.75, 3.05) is 6.54 Å². The second kappa shape index (κ2) is 6.48. The maximum absolute atomic E-state index is 12.6. The van der Waals surface area contributed by atoms with Crippen molar-refractivity contribution in [2.45, 2.75) is 31.8 Å². The molecule has 0 saturated carbocycles. The molecule has 122 valence electrons. The van der Waals surface area contributed by atoms with E-state index in [1.165, 1.54) is 11.1 Å². The number of carbonyl (C=O) groups is 1. The number of rotatable bonds is 4. The third-order valence-corrected chi connectivity index (χ3v) is 4.79. The van der Waals surface area contributed by atoms with Gasteiger partial charge in [-0.15, -0.1) is 0 Å². The van der Waals surface area contributed by atoms with Gasteiger partial charge in [0, 0.05) is 19.5 Å². The second-order valence-corrected chi connectivity index (χ2v) is 6.37. The number of amides is 1. The van der Waals surface area contributed by atoms with E-state index in [1.54, 1.807) is 0 Å². The number of para-hydroxylation sites is 1. The zero-order valence-electron chi connectivity index (χ0n) is 13.6. The van der Waals surface area contributed by atoms with Crippen LogP contribution in [-0.2, 0) is 17.8 Å². The van der Waals surface area contributed by atoms with Gasteiger partial charge in [0.1, 0.15) is 11.9 Å². The van der Waals surface area contributed by atoms with E-state index in [0.717, 1.165) is 37.3 Å². The maximum Gasteiger partial charge on any atom is 0.242 e. The van der Waals surface area contributed by atoms with Crippen molar-refractivity contribution in [3.8, 4) is 0 Å². The highest BCUT2D eigenvalue weighted by Gasteiger charge is 2.36. The molecule has 4 nitrogen and oxygen atoms in total. The third-order valence-electron chi connectivity index (χ3n) is 4.79. The van der Waals surface area contributed by atoms with Gasteiger partial charge in [-0.1, -0.05) is 48.5 Å². The van der Waals surface area contributed by atoms with Crippen LogP contribution in [0, 0.1) is 0 Å². The summed E-state index contributed by atoms with van der Waals surface area (Å²) in [5.41, 5.74) is 3.50. The molecule has 4 heteroatoms. The molecule has 0 aromatic heterocycles. The van der Waals surface area contributed by atoms with Gasteiger partial charge in [0.2, 0.25) is 5.91 Å². The molecule has 24 heavy (non-hydrogen) atoms. The quantitative estimate of drug-likeness (QED) is 0.941. The van der Waals surface area contributed by atoms with Gasteiger partial charge in [-0.05, 0) is 30.0 Å². The third kappa shape index (κ3) is 2.92. The summed E-state index contributed by atoms with van der Waals surface area (Å²) in [4.78, 5) is 19.5. The molecule has 0 unspecified atom stereocenters. The summed E-state index contributed by atoms with van der Waals surface area (Å²) in [5, 5.41) is 3.09. The molecular formula is C20H21N3O. The standard InChI is InChI=1S/C20H21N3O/c24-20(21-13-12-15-6-2-1-3-7-15)18-10-11-19-22-17-9-5-4-8-16(17)14-23(18)19/h1-9,18H,10-14H2,(H,21,24)/t18-/m0/s1. The second-order valence-electron chi connectivity index (χ2n) is 6.37. The van der Waals surface area contributed by atoms with Gasteiger partial charge in [0.15, 0.2) is 0 Å². The van der Waals surface area contributed by atoms with Crippen molar-refractivity contribution in [3.63, 3.8) is 0 Å². The molecule has 1 atom stereocenters. The molecule has 2 aliphatic heterocycles. The number of amidine groups is 1. The summed E-state index contributed by atoms with van der Waals surface area (Å²) < 4.78 is 0. The number of nitrogens with one attached hydrogen (secondary N) is 1.